The van der Waals surface area contributed by atoms with E-state index in [1.807, 2.05) is 37.3 Å². The van der Waals surface area contributed by atoms with E-state index in [1.54, 1.807) is 48.5 Å². The molecule has 0 aromatic heterocycles. The van der Waals surface area contributed by atoms with E-state index >= 15 is 0 Å². The Morgan fingerprint density at radius 2 is 1.13 bits per heavy atom. The van der Waals surface area contributed by atoms with Crippen LogP contribution in [-0.2, 0) is 12.8 Å². The Labute approximate surface area is 230 Å². The first-order valence-corrected chi connectivity index (χ1v) is 14.0. The third kappa shape index (κ3) is 7.75. The van der Waals surface area contributed by atoms with Crippen molar-refractivity contribution in [1.29, 1.82) is 0 Å². The Balaban J connectivity index is 1.32. The summed E-state index contributed by atoms with van der Waals surface area (Å²) in [5.41, 5.74) is 4.73. The molecule has 0 atom stereocenters. The predicted octanol–water partition coefficient (Wildman–Crippen LogP) is 10.3. The van der Waals surface area contributed by atoms with E-state index < -0.39 is 11.6 Å². The van der Waals surface area contributed by atoms with Crippen molar-refractivity contribution in [3.05, 3.63) is 113 Å². The van der Waals surface area contributed by atoms with Gasteiger partial charge in [0.2, 0.25) is 0 Å². The second kappa shape index (κ2) is 14.0. The Morgan fingerprint density at radius 3 is 1.74 bits per heavy atom. The fourth-order valence-electron chi connectivity index (χ4n) is 4.75. The normalized spacial score (nSPS) is 11.1. The van der Waals surface area contributed by atoms with Crippen molar-refractivity contribution in [3.8, 4) is 28.0 Å². The summed E-state index contributed by atoms with van der Waals surface area (Å²) in [5.74, 6) is -1.73. The molecular weight excluding hydrogens is 493 g/mol. The Morgan fingerprint density at radius 1 is 0.590 bits per heavy atom. The van der Waals surface area contributed by atoms with Crippen molar-refractivity contribution in [2.24, 2.45) is 0 Å². The molecule has 0 saturated heterocycles. The van der Waals surface area contributed by atoms with Crippen LogP contribution >= 0.6 is 0 Å². The number of hydrogen-bond donors (Lipinski definition) is 0. The van der Waals surface area contributed by atoms with Crippen LogP contribution in [0.2, 0.25) is 0 Å². The van der Waals surface area contributed by atoms with Crippen LogP contribution in [0.15, 0.2) is 78.9 Å². The topological polar surface area (TPSA) is 9.23 Å². The Hall–Kier alpha value is -3.53. The summed E-state index contributed by atoms with van der Waals surface area (Å²) in [6.45, 7) is 4.69. The van der Waals surface area contributed by atoms with Crippen LogP contribution in [0.3, 0.4) is 0 Å². The maximum absolute atomic E-state index is 15.0. The monoisotopic (exact) mass is 530 g/mol. The molecule has 0 radical (unpaired) electrons. The zero-order valence-corrected chi connectivity index (χ0v) is 22.9. The maximum Gasteiger partial charge on any atom is 0.167 e. The standard InChI is InChI=1S/C35H37F3O/c1-3-4-5-6-7-8-23-39-33-22-15-27(24-32(33)36)12-11-26-13-18-29(19-14-26)31-21-20-30(34(37)35(31)38)28-16-9-25(2)10-17-28/h9-10,13-22,24H,3-8,11-12,23H2,1-2H3. The van der Waals surface area contributed by atoms with Gasteiger partial charge in [-0.25, -0.2) is 13.2 Å². The Kier molecular flexibility index (Phi) is 10.2. The highest BCUT2D eigenvalue weighted by molar-refractivity contribution is 5.72. The van der Waals surface area contributed by atoms with Crippen molar-refractivity contribution in [1.82, 2.24) is 0 Å². The lowest BCUT2D eigenvalue weighted by molar-refractivity contribution is 0.290. The lowest BCUT2D eigenvalue weighted by atomic mass is 9.97. The highest BCUT2D eigenvalue weighted by atomic mass is 19.2. The number of aryl methyl sites for hydroxylation is 3. The molecule has 0 aliphatic carbocycles. The molecule has 0 amide bonds. The van der Waals surface area contributed by atoms with E-state index in [2.05, 4.69) is 6.92 Å². The van der Waals surface area contributed by atoms with Gasteiger partial charge in [0.1, 0.15) is 0 Å². The molecule has 0 saturated carbocycles. The molecule has 4 aromatic rings. The zero-order chi connectivity index (χ0) is 27.6. The average molecular weight is 531 g/mol. The summed E-state index contributed by atoms with van der Waals surface area (Å²) >= 11 is 0. The van der Waals surface area contributed by atoms with Crippen LogP contribution < -0.4 is 4.74 Å². The van der Waals surface area contributed by atoms with Crippen LogP contribution in [0.25, 0.3) is 22.3 Å². The van der Waals surface area contributed by atoms with Crippen molar-refractivity contribution < 1.29 is 17.9 Å². The molecule has 0 spiro atoms. The van der Waals surface area contributed by atoms with Gasteiger partial charge in [-0.3, -0.25) is 0 Å². The largest absolute Gasteiger partial charge is 0.491 e. The molecule has 0 bridgehead atoms. The second-order valence-electron chi connectivity index (χ2n) is 10.2. The van der Waals surface area contributed by atoms with Crippen molar-refractivity contribution in [3.63, 3.8) is 0 Å². The molecule has 0 unspecified atom stereocenters. The highest BCUT2D eigenvalue weighted by Gasteiger charge is 2.16. The SMILES string of the molecule is CCCCCCCCOc1ccc(CCc2ccc(-c3ccc(-c4ccc(C)cc4)c(F)c3F)cc2)cc1F. The molecule has 39 heavy (non-hydrogen) atoms. The van der Waals surface area contributed by atoms with Gasteiger partial charge in [0, 0.05) is 11.1 Å². The minimum atomic E-state index is -0.852. The average Bonchev–Trinajstić information content (AvgIpc) is 2.95. The van der Waals surface area contributed by atoms with Gasteiger partial charge in [-0.1, -0.05) is 111 Å². The molecule has 0 heterocycles. The van der Waals surface area contributed by atoms with E-state index in [-0.39, 0.29) is 16.9 Å². The third-order valence-corrected chi connectivity index (χ3v) is 7.16. The fourth-order valence-corrected chi connectivity index (χ4v) is 4.75. The summed E-state index contributed by atoms with van der Waals surface area (Å²) in [7, 11) is 0. The minimum Gasteiger partial charge on any atom is -0.491 e. The van der Waals surface area contributed by atoms with Crippen molar-refractivity contribution in [2.45, 2.75) is 65.2 Å². The molecule has 0 N–H and O–H groups in total. The van der Waals surface area contributed by atoms with Gasteiger partial charge in [0.05, 0.1) is 6.61 Å². The highest BCUT2D eigenvalue weighted by Crippen LogP contribution is 2.32. The van der Waals surface area contributed by atoms with Crippen LogP contribution in [0.1, 0.15) is 62.1 Å². The third-order valence-electron chi connectivity index (χ3n) is 7.16. The summed E-state index contributed by atoms with van der Waals surface area (Å²) in [5, 5.41) is 0. The quantitative estimate of drug-likeness (QED) is 0.156. The van der Waals surface area contributed by atoms with E-state index in [0.29, 0.717) is 36.3 Å². The lowest BCUT2D eigenvalue weighted by Crippen LogP contribution is -2.00. The van der Waals surface area contributed by atoms with E-state index in [9.17, 15) is 13.2 Å². The van der Waals surface area contributed by atoms with Crippen LogP contribution in [0.4, 0.5) is 13.2 Å². The zero-order valence-electron chi connectivity index (χ0n) is 22.9. The van der Waals surface area contributed by atoms with Gasteiger partial charge >= 0.3 is 0 Å². The molecule has 204 valence electrons. The van der Waals surface area contributed by atoms with Gasteiger partial charge < -0.3 is 4.74 Å². The molecular formula is C35H37F3O. The predicted molar refractivity (Wildman–Crippen MR) is 155 cm³/mol. The summed E-state index contributed by atoms with van der Waals surface area (Å²) in [4.78, 5) is 0. The molecule has 0 aliphatic heterocycles. The smallest absolute Gasteiger partial charge is 0.167 e. The van der Waals surface area contributed by atoms with Crippen LogP contribution in [0, 0.1) is 24.4 Å². The maximum atomic E-state index is 15.0. The Bertz CT molecular complexity index is 1340. The van der Waals surface area contributed by atoms with Crippen LogP contribution in [-0.4, -0.2) is 6.61 Å². The van der Waals surface area contributed by atoms with Crippen LogP contribution in [0.5, 0.6) is 5.75 Å². The lowest BCUT2D eigenvalue weighted by Gasteiger charge is -2.11. The number of ether oxygens (including phenoxy) is 1. The first kappa shape index (κ1) is 28.5. The summed E-state index contributed by atoms with van der Waals surface area (Å²) in [6, 6.07) is 23.2. The first-order chi connectivity index (χ1) is 19.0. The van der Waals surface area contributed by atoms with Gasteiger partial charge in [-0.05, 0) is 60.6 Å². The van der Waals surface area contributed by atoms with Crippen molar-refractivity contribution in [2.75, 3.05) is 6.61 Å². The molecule has 4 aromatic carbocycles. The van der Waals surface area contributed by atoms with Gasteiger partial charge in [-0.2, -0.15) is 0 Å². The van der Waals surface area contributed by atoms with Gasteiger partial charge in [0.25, 0.3) is 0 Å². The minimum absolute atomic E-state index is 0.230. The van der Waals surface area contributed by atoms with Gasteiger partial charge in [0.15, 0.2) is 23.2 Å². The molecule has 0 fully saturated rings. The van der Waals surface area contributed by atoms with E-state index in [1.165, 1.54) is 25.7 Å². The first-order valence-electron chi connectivity index (χ1n) is 14.0. The van der Waals surface area contributed by atoms with E-state index in [4.69, 9.17) is 4.74 Å². The summed E-state index contributed by atoms with van der Waals surface area (Å²) in [6.07, 6.45) is 8.37. The van der Waals surface area contributed by atoms with Crippen molar-refractivity contribution >= 4 is 0 Å². The number of rotatable bonds is 13. The molecule has 1 nitrogen and oxygen atoms in total. The number of halogens is 3. The number of hydrogen-bond acceptors (Lipinski definition) is 1. The summed E-state index contributed by atoms with van der Waals surface area (Å²) < 4.78 is 50.1. The second-order valence-corrected chi connectivity index (χ2v) is 10.2. The molecule has 4 rings (SSSR count). The molecule has 0 aliphatic rings. The number of benzene rings is 4. The molecule has 4 heteroatoms. The number of unbranched alkanes of at least 4 members (excludes halogenated alkanes) is 5. The van der Waals surface area contributed by atoms with E-state index in [0.717, 1.165) is 29.5 Å². The van der Waals surface area contributed by atoms with Gasteiger partial charge in [-0.15, -0.1) is 0 Å². The fraction of sp³-hybridized carbons (Fsp3) is 0.314.